The molecule has 2 N–H and O–H groups in total. The van der Waals surface area contributed by atoms with E-state index >= 15 is 0 Å². The highest BCUT2D eigenvalue weighted by Crippen LogP contribution is 2.43. The summed E-state index contributed by atoms with van der Waals surface area (Å²) in [4.78, 5) is 12.6. The van der Waals surface area contributed by atoms with E-state index < -0.39 is 16.4 Å². The zero-order valence-electron chi connectivity index (χ0n) is 24.0. The molecule has 0 heterocycles. The van der Waals surface area contributed by atoms with Gasteiger partial charge in [-0.25, -0.2) is 0 Å². The molecular formula is C29H44N4O6. The highest BCUT2D eigenvalue weighted by Gasteiger charge is 2.21. The van der Waals surface area contributed by atoms with Crippen LogP contribution in [0.4, 0.5) is 22.7 Å². The normalized spacial score (nSPS) is 12.0. The van der Waals surface area contributed by atoms with Gasteiger partial charge in [0.2, 0.25) is 0 Å². The van der Waals surface area contributed by atoms with Crippen LogP contribution in [0.25, 0.3) is 0 Å². The van der Waals surface area contributed by atoms with Crippen molar-refractivity contribution in [3.63, 3.8) is 0 Å². The Balaban J connectivity index is 2.31. The number of aromatic hydroxyl groups is 2. The Morgan fingerprint density at radius 1 is 0.872 bits per heavy atom. The second kappa shape index (κ2) is 16.4. The highest BCUT2D eigenvalue weighted by molar-refractivity contribution is 5.69. The van der Waals surface area contributed by atoms with E-state index in [2.05, 4.69) is 24.1 Å². The van der Waals surface area contributed by atoms with Gasteiger partial charge in [-0.1, -0.05) is 58.8 Å². The molecule has 1 unspecified atom stereocenters. The van der Waals surface area contributed by atoms with Crippen LogP contribution in [0.2, 0.25) is 0 Å². The first kappa shape index (κ1) is 31.7. The molecule has 2 aromatic carbocycles. The summed E-state index contributed by atoms with van der Waals surface area (Å²) in [6, 6.07) is 5.49. The summed E-state index contributed by atoms with van der Waals surface area (Å²) in [5.74, 6) is 0.0528. The van der Waals surface area contributed by atoms with E-state index in [1.165, 1.54) is 19.3 Å². The molecule has 2 rings (SSSR count). The Kier molecular flexibility index (Phi) is 13.3. The molecule has 0 saturated heterocycles. The number of hydrogen-bond donors (Lipinski definition) is 2. The predicted molar refractivity (Wildman–Crippen MR) is 154 cm³/mol. The van der Waals surface area contributed by atoms with Crippen LogP contribution in [0.1, 0.15) is 85.0 Å². The molecule has 2 aromatic rings. The van der Waals surface area contributed by atoms with E-state index in [0.29, 0.717) is 18.0 Å². The lowest BCUT2D eigenvalue weighted by molar-refractivity contribution is -0.385. The van der Waals surface area contributed by atoms with E-state index in [9.17, 15) is 20.3 Å². The molecule has 0 aromatic heterocycles. The standard InChI is InChI=1S/C29H44N4O6/c1-6-8-10-12-14-16-38-29-18-22(26(34)19-25(29)32(4)5)30-31-23-17-27(35)24(33(36)37)20-28(23)39-21(3)15-13-11-9-7-2/h17-21,34-35H,6-16H2,1-5H3. The number of azo groups is 1. The van der Waals surface area contributed by atoms with Gasteiger partial charge in [-0.3, -0.25) is 10.1 Å². The molecule has 1 atom stereocenters. The van der Waals surface area contributed by atoms with Crippen LogP contribution in [-0.2, 0) is 0 Å². The second-order valence-corrected chi connectivity index (χ2v) is 10.0. The van der Waals surface area contributed by atoms with Crippen molar-refractivity contribution >= 4 is 22.7 Å². The van der Waals surface area contributed by atoms with Gasteiger partial charge in [0.25, 0.3) is 0 Å². The lowest BCUT2D eigenvalue weighted by atomic mass is 10.1. The molecule has 0 saturated carbocycles. The van der Waals surface area contributed by atoms with Gasteiger partial charge >= 0.3 is 5.69 Å². The third-order valence-corrected chi connectivity index (χ3v) is 6.35. The smallest absolute Gasteiger partial charge is 0.314 e. The van der Waals surface area contributed by atoms with Gasteiger partial charge in [-0.2, -0.15) is 0 Å². The van der Waals surface area contributed by atoms with E-state index in [1.54, 1.807) is 12.1 Å². The quantitative estimate of drug-likeness (QED) is 0.0831. The Bertz CT molecular complexity index is 1090. The molecule has 0 radical (unpaired) electrons. The van der Waals surface area contributed by atoms with Gasteiger partial charge in [-0.05, 0) is 26.2 Å². The lowest BCUT2D eigenvalue weighted by Crippen LogP contribution is -2.11. The molecule has 0 spiro atoms. The number of phenolic OH excluding ortho intramolecular Hbond substituents is 2. The van der Waals surface area contributed by atoms with Gasteiger partial charge in [0.1, 0.15) is 22.9 Å². The van der Waals surface area contributed by atoms with Crippen molar-refractivity contribution in [1.29, 1.82) is 0 Å². The Hall–Kier alpha value is -3.56. The summed E-state index contributed by atoms with van der Waals surface area (Å²) in [6.07, 6.45) is 10.4. The summed E-state index contributed by atoms with van der Waals surface area (Å²) < 4.78 is 12.0. The number of phenols is 2. The van der Waals surface area contributed by atoms with Gasteiger partial charge in [-0.15, -0.1) is 10.2 Å². The van der Waals surface area contributed by atoms with E-state index in [4.69, 9.17) is 9.47 Å². The van der Waals surface area contributed by atoms with E-state index in [0.717, 1.165) is 57.1 Å². The van der Waals surface area contributed by atoms with Crippen molar-refractivity contribution in [1.82, 2.24) is 0 Å². The van der Waals surface area contributed by atoms with Crippen LogP contribution in [0.15, 0.2) is 34.5 Å². The SMILES string of the molecule is CCCCCCCOc1cc(N=Nc2cc(O)c([N+](=O)[O-])cc2OC(C)CCCCCC)c(O)cc1N(C)C. The summed E-state index contributed by atoms with van der Waals surface area (Å²) in [5, 5.41) is 40.6. The number of nitro groups is 1. The summed E-state index contributed by atoms with van der Waals surface area (Å²) in [5.41, 5.74) is 0.509. The van der Waals surface area contributed by atoms with Crippen LogP contribution < -0.4 is 14.4 Å². The zero-order valence-corrected chi connectivity index (χ0v) is 24.0. The summed E-state index contributed by atoms with van der Waals surface area (Å²) in [7, 11) is 3.72. The minimum Gasteiger partial charge on any atom is -0.506 e. The summed E-state index contributed by atoms with van der Waals surface area (Å²) >= 11 is 0. The average Bonchev–Trinajstić information content (AvgIpc) is 2.89. The Labute approximate surface area is 231 Å². The molecule has 0 aliphatic heterocycles. The van der Waals surface area contributed by atoms with E-state index in [1.807, 2.05) is 25.9 Å². The third-order valence-electron chi connectivity index (χ3n) is 6.35. The van der Waals surface area contributed by atoms with Crippen LogP contribution in [-0.4, -0.2) is 41.9 Å². The molecule has 0 fully saturated rings. The zero-order chi connectivity index (χ0) is 28.8. The topological polar surface area (TPSA) is 130 Å². The second-order valence-electron chi connectivity index (χ2n) is 10.0. The van der Waals surface area contributed by atoms with Gasteiger partial charge < -0.3 is 24.6 Å². The maximum absolute atomic E-state index is 11.4. The molecule has 10 heteroatoms. The maximum Gasteiger partial charge on any atom is 0.314 e. The number of ether oxygens (including phenoxy) is 2. The number of benzene rings is 2. The largest absolute Gasteiger partial charge is 0.506 e. The highest BCUT2D eigenvalue weighted by atomic mass is 16.6. The molecular weight excluding hydrogens is 500 g/mol. The first-order chi connectivity index (χ1) is 18.7. The maximum atomic E-state index is 11.4. The van der Waals surface area contributed by atoms with Gasteiger partial charge in [0.15, 0.2) is 11.5 Å². The summed E-state index contributed by atoms with van der Waals surface area (Å²) in [6.45, 7) is 6.75. The molecule has 0 amide bonds. The third kappa shape index (κ3) is 10.3. The molecule has 0 bridgehead atoms. The van der Waals surface area contributed by atoms with Crippen LogP contribution in [0, 0.1) is 10.1 Å². The van der Waals surface area contributed by atoms with Crippen molar-refractivity contribution in [3.05, 3.63) is 34.4 Å². The monoisotopic (exact) mass is 544 g/mol. The fourth-order valence-electron chi connectivity index (χ4n) is 4.09. The molecule has 0 aliphatic carbocycles. The lowest BCUT2D eigenvalue weighted by Gasteiger charge is -2.19. The van der Waals surface area contributed by atoms with Crippen molar-refractivity contribution in [2.75, 3.05) is 25.6 Å². The minimum atomic E-state index is -0.674. The first-order valence-corrected chi connectivity index (χ1v) is 13.9. The Morgan fingerprint density at radius 2 is 1.51 bits per heavy atom. The molecule has 10 nitrogen and oxygen atoms in total. The molecule has 216 valence electrons. The minimum absolute atomic E-state index is 0.101. The van der Waals surface area contributed by atoms with Crippen LogP contribution >= 0.6 is 0 Å². The number of anilines is 1. The Morgan fingerprint density at radius 3 is 2.15 bits per heavy atom. The number of nitrogens with zero attached hydrogens (tertiary/aromatic N) is 4. The van der Waals surface area contributed by atoms with Crippen molar-refractivity contribution in [2.45, 2.75) is 91.1 Å². The van der Waals surface area contributed by atoms with Crippen LogP contribution in [0.5, 0.6) is 23.0 Å². The predicted octanol–water partition coefficient (Wildman–Crippen LogP) is 8.57. The number of hydrogen-bond acceptors (Lipinski definition) is 9. The first-order valence-electron chi connectivity index (χ1n) is 13.9. The van der Waals surface area contributed by atoms with Crippen molar-refractivity contribution in [3.8, 4) is 23.0 Å². The van der Waals surface area contributed by atoms with Crippen molar-refractivity contribution in [2.24, 2.45) is 10.2 Å². The fraction of sp³-hybridized carbons (Fsp3) is 0.586. The number of rotatable bonds is 18. The molecule has 39 heavy (non-hydrogen) atoms. The van der Waals surface area contributed by atoms with Gasteiger partial charge in [0.05, 0.1) is 29.4 Å². The number of nitro benzene ring substituents is 1. The van der Waals surface area contributed by atoms with Gasteiger partial charge in [0, 0.05) is 32.3 Å². The molecule has 0 aliphatic rings. The average molecular weight is 545 g/mol. The van der Waals surface area contributed by atoms with Crippen molar-refractivity contribution < 1.29 is 24.6 Å². The fourth-order valence-corrected chi connectivity index (χ4v) is 4.09. The van der Waals surface area contributed by atoms with E-state index in [-0.39, 0.29) is 29.0 Å². The number of unbranched alkanes of at least 4 members (excludes halogenated alkanes) is 7. The van der Waals surface area contributed by atoms with Crippen LogP contribution in [0.3, 0.4) is 0 Å².